The largest absolute Gasteiger partial charge is 0.376 e. The fraction of sp³-hybridized carbons (Fsp3) is 0.385. The maximum atomic E-state index is 12.5. The summed E-state index contributed by atoms with van der Waals surface area (Å²) in [5.41, 5.74) is 2.24. The van der Waals surface area contributed by atoms with E-state index in [4.69, 9.17) is 9.47 Å². The third-order valence-electron chi connectivity index (χ3n) is 5.93. The first kappa shape index (κ1) is 23.5. The average Bonchev–Trinajstić information content (AvgIpc) is 3.23. The minimum Gasteiger partial charge on any atom is -0.376 e. The summed E-state index contributed by atoms with van der Waals surface area (Å²) in [6.07, 6.45) is 3.09. The Morgan fingerprint density at radius 3 is 2.15 bits per heavy atom. The summed E-state index contributed by atoms with van der Waals surface area (Å²) in [5, 5.41) is 0.133. The third kappa shape index (κ3) is 6.25. The van der Waals surface area contributed by atoms with Gasteiger partial charge in [0.1, 0.15) is 0 Å². The minimum absolute atomic E-state index is 0.0599. The van der Waals surface area contributed by atoms with Crippen molar-refractivity contribution in [1.82, 2.24) is 9.55 Å². The van der Waals surface area contributed by atoms with Crippen LogP contribution in [-0.4, -0.2) is 28.0 Å². The van der Waals surface area contributed by atoms with Gasteiger partial charge in [-0.15, -0.1) is 11.8 Å². The second-order valence-electron chi connectivity index (χ2n) is 8.30. The van der Waals surface area contributed by atoms with Crippen molar-refractivity contribution in [2.75, 3.05) is 13.2 Å². The van der Waals surface area contributed by atoms with Gasteiger partial charge in [0.25, 0.3) is 5.56 Å². The fourth-order valence-corrected chi connectivity index (χ4v) is 5.71. The van der Waals surface area contributed by atoms with E-state index in [0.717, 1.165) is 17.5 Å². The van der Waals surface area contributed by atoms with Crippen molar-refractivity contribution in [3.05, 3.63) is 104 Å². The molecule has 2 heterocycles. The van der Waals surface area contributed by atoms with Crippen molar-refractivity contribution >= 4 is 11.8 Å². The van der Waals surface area contributed by atoms with E-state index in [1.54, 1.807) is 22.5 Å². The highest BCUT2D eigenvalue weighted by molar-refractivity contribution is 8.00. The Balaban J connectivity index is 1.44. The summed E-state index contributed by atoms with van der Waals surface area (Å²) in [6, 6.07) is 20.2. The van der Waals surface area contributed by atoms with E-state index in [9.17, 15) is 9.59 Å². The van der Waals surface area contributed by atoms with Crippen LogP contribution in [0.25, 0.3) is 0 Å². The van der Waals surface area contributed by atoms with Gasteiger partial charge in [-0.3, -0.25) is 14.3 Å². The van der Waals surface area contributed by atoms with Crippen LogP contribution in [0.3, 0.4) is 0 Å². The number of aromatic amines is 1. The van der Waals surface area contributed by atoms with Gasteiger partial charge in [0.15, 0.2) is 0 Å². The summed E-state index contributed by atoms with van der Waals surface area (Å²) in [4.78, 5) is 27.0. The topological polar surface area (TPSA) is 73.3 Å². The molecule has 0 spiro atoms. The number of nitrogens with one attached hydrogen (secondary N) is 1. The Morgan fingerprint density at radius 1 is 0.939 bits per heavy atom. The Labute approximate surface area is 198 Å². The first-order valence-electron chi connectivity index (χ1n) is 11.4. The highest BCUT2D eigenvalue weighted by atomic mass is 32.2. The van der Waals surface area contributed by atoms with Crippen LogP contribution in [0, 0.1) is 5.92 Å². The third-order valence-corrected chi connectivity index (χ3v) is 7.54. The lowest BCUT2D eigenvalue weighted by Gasteiger charge is -2.18. The molecule has 1 aliphatic rings. The summed E-state index contributed by atoms with van der Waals surface area (Å²) < 4.78 is 13.8. The Kier molecular flexibility index (Phi) is 8.20. The first-order chi connectivity index (χ1) is 16.1. The molecule has 2 aromatic carbocycles. The average molecular weight is 467 g/mol. The van der Waals surface area contributed by atoms with Crippen LogP contribution in [0.4, 0.5) is 0 Å². The van der Waals surface area contributed by atoms with Crippen LogP contribution < -0.4 is 11.2 Å². The van der Waals surface area contributed by atoms with Gasteiger partial charge >= 0.3 is 5.69 Å². The molecule has 0 bridgehead atoms. The summed E-state index contributed by atoms with van der Waals surface area (Å²) >= 11 is 1.73. The second kappa shape index (κ2) is 11.5. The number of rotatable bonds is 10. The van der Waals surface area contributed by atoms with E-state index in [1.165, 1.54) is 0 Å². The zero-order valence-electron chi connectivity index (χ0n) is 18.8. The predicted molar refractivity (Wildman–Crippen MR) is 131 cm³/mol. The highest BCUT2D eigenvalue weighted by Crippen LogP contribution is 2.45. The number of benzene rings is 2. The van der Waals surface area contributed by atoms with Gasteiger partial charge in [0.2, 0.25) is 0 Å². The van der Waals surface area contributed by atoms with Gasteiger partial charge in [-0.2, -0.15) is 0 Å². The standard InChI is InChI=1S/C26H30N2O4S/c1-2-21-14-28(26(30)27-25(21)29)24-13-22(17-31-15-19-9-5-3-6-10-19)23(33-24)18-32-16-20-11-7-4-8-12-20/h3-12,14,22-24H,2,13,15-18H2,1H3,(H,27,29,30)/t22-,23-,24?/m1/s1. The lowest BCUT2D eigenvalue weighted by Crippen LogP contribution is -2.32. The van der Waals surface area contributed by atoms with Crippen molar-refractivity contribution in [1.29, 1.82) is 0 Å². The smallest absolute Gasteiger partial charge is 0.329 e. The van der Waals surface area contributed by atoms with Gasteiger partial charge in [0.05, 0.1) is 31.8 Å². The summed E-state index contributed by atoms with van der Waals surface area (Å²) in [5.74, 6) is 0.239. The monoisotopic (exact) mass is 466 g/mol. The molecule has 0 aliphatic carbocycles. The van der Waals surface area contributed by atoms with Crippen LogP contribution in [0.5, 0.6) is 0 Å². The molecule has 33 heavy (non-hydrogen) atoms. The molecular weight excluding hydrogens is 436 g/mol. The molecule has 1 N–H and O–H groups in total. The molecule has 174 valence electrons. The van der Waals surface area contributed by atoms with Crippen molar-refractivity contribution in [2.24, 2.45) is 5.92 Å². The number of thioether (sulfide) groups is 1. The maximum Gasteiger partial charge on any atom is 0.329 e. The number of nitrogens with zero attached hydrogens (tertiary/aromatic N) is 1. The lowest BCUT2D eigenvalue weighted by molar-refractivity contribution is 0.0622. The number of H-pyrrole nitrogens is 1. The Morgan fingerprint density at radius 2 is 1.55 bits per heavy atom. The first-order valence-corrected chi connectivity index (χ1v) is 12.3. The van der Waals surface area contributed by atoms with Gasteiger partial charge in [-0.1, -0.05) is 67.6 Å². The van der Waals surface area contributed by atoms with Gasteiger partial charge in [-0.05, 0) is 29.9 Å². The molecule has 1 aromatic heterocycles. The number of hydrogen-bond acceptors (Lipinski definition) is 5. The summed E-state index contributed by atoms with van der Waals surface area (Å²) in [7, 11) is 0. The summed E-state index contributed by atoms with van der Waals surface area (Å²) in [6.45, 7) is 4.20. The van der Waals surface area contributed by atoms with E-state index in [0.29, 0.717) is 38.4 Å². The van der Waals surface area contributed by atoms with E-state index >= 15 is 0 Å². The normalized spacial score (nSPS) is 20.2. The number of aromatic nitrogens is 2. The van der Waals surface area contributed by atoms with Crippen molar-refractivity contribution in [3.8, 4) is 0 Å². The maximum absolute atomic E-state index is 12.5. The molecule has 1 unspecified atom stereocenters. The van der Waals surface area contributed by atoms with Crippen LogP contribution >= 0.6 is 11.8 Å². The van der Waals surface area contributed by atoms with Crippen molar-refractivity contribution < 1.29 is 9.47 Å². The highest BCUT2D eigenvalue weighted by Gasteiger charge is 2.37. The van der Waals surface area contributed by atoms with E-state index < -0.39 is 0 Å². The van der Waals surface area contributed by atoms with Crippen LogP contribution in [0.2, 0.25) is 0 Å². The molecule has 0 saturated carbocycles. The number of ether oxygens (including phenoxy) is 2. The van der Waals surface area contributed by atoms with E-state index in [2.05, 4.69) is 29.2 Å². The van der Waals surface area contributed by atoms with Gasteiger partial charge < -0.3 is 9.47 Å². The molecule has 4 rings (SSSR count). The molecule has 7 heteroatoms. The Bertz CT molecular complexity index is 1080. The SMILES string of the molecule is CCc1cn(C2C[C@H](COCc3ccccc3)[C@@H](COCc3ccccc3)S2)c(=O)[nH]c1=O. The van der Waals surface area contributed by atoms with Crippen molar-refractivity contribution in [2.45, 2.75) is 43.6 Å². The molecule has 0 radical (unpaired) electrons. The van der Waals surface area contributed by atoms with Crippen molar-refractivity contribution in [3.63, 3.8) is 0 Å². The van der Waals surface area contributed by atoms with Crippen LogP contribution in [0.1, 0.15) is 35.4 Å². The number of hydrogen-bond donors (Lipinski definition) is 1. The van der Waals surface area contributed by atoms with Gasteiger partial charge in [-0.25, -0.2) is 4.79 Å². The molecule has 3 aromatic rings. The second-order valence-corrected chi connectivity index (χ2v) is 9.72. The molecular formula is C26H30N2O4S. The zero-order valence-corrected chi connectivity index (χ0v) is 19.6. The molecule has 6 nitrogen and oxygen atoms in total. The number of aryl methyl sites for hydroxylation is 1. The van der Waals surface area contributed by atoms with Gasteiger partial charge in [0, 0.05) is 17.0 Å². The molecule has 1 fully saturated rings. The Hall–Kier alpha value is -2.61. The molecule has 1 aliphatic heterocycles. The molecule has 3 atom stereocenters. The van der Waals surface area contributed by atoms with Crippen LogP contribution in [-0.2, 0) is 29.1 Å². The minimum atomic E-state index is -0.357. The predicted octanol–water partition coefficient (Wildman–Crippen LogP) is 4.15. The quantitative estimate of drug-likeness (QED) is 0.486. The van der Waals surface area contributed by atoms with E-state index in [1.807, 2.05) is 43.3 Å². The lowest BCUT2D eigenvalue weighted by atomic mass is 10.0. The van der Waals surface area contributed by atoms with Crippen LogP contribution in [0.15, 0.2) is 76.4 Å². The van der Waals surface area contributed by atoms with E-state index in [-0.39, 0.29) is 27.8 Å². The molecule has 1 saturated heterocycles. The molecule has 0 amide bonds. The zero-order chi connectivity index (χ0) is 23.0. The fourth-order valence-electron chi connectivity index (χ4n) is 4.07.